The number of cyclic esters (lactones) is 2. The van der Waals surface area contributed by atoms with E-state index >= 15 is 8.78 Å². The molecule has 0 unspecified atom stereocenters. The van der Waals surface area contributed by atoms with Crippen LogP contribution in [0.5, 0.6) is 0 Å². The van der Waals surface area contributed by atoms with Gasteiger partial charge in [0.05, 0.1) is 0 Å². The molecule has 141 heavy (non-hydrogen) atoms. The van der Waals surface area contributed by atoms with Crippen molar-refractivity contribution in [3.05, 3.63) is 401 Å². The van der Waals surface area contributed by atoms with Gasteiger partial charge in [0, 0.05) is 0 Å². The Bertz CT molecular complexity index is 8030. The van der Waals surface area contributed by atoms with Crippen molar-refractivity contribution in [2.45, 2.75) is 160 Å². The summed E-state index contributed by atoms with van der Waals surface area (Å²) in [6.45, 7) is 34.9. The fraction of sp³-hybridized carbons (Fsp3) is 0.210. The van der Waals surface area contributed by atoms with Crippen LogP contribution in [0, 0.1) is 0 Å². The van der Waals surface area contributed by atoms with Crippen molar-refractivity contribution >= 4 is 219 Å². The maximum atomic E-state index is 16.1. The zero-order chi connectivity index (χ0) is 98.4. The number of esters is 2. The molecule has 0 radical (unpaired) electrons. The van der Waals surface area contributed by atoms with Crippen LogP contribution in [-0.4, -0.2) is 125 Å². The molecular formula is C119H92F2N4O10SSe5. The van der Waals surface area contributed by atoms with Gasteiger partial charge >= 0.3 is 857 Å². The second-order valence-corrected chi connectivity index (χ2v) is 53.2. The molecule has 0 N–H and O–H groups in total. The van der Waals surface area contributed by atoms with Crippen LogP contribution in [0.1, 0.15) is 280 Å². The molecule has 12 aliphatic rings. The summed E-state index contributed by atoms with van der Waals surface area (Å²) in [6, 6.07) is 74.1. The number of hydrogen-bond acceptors (Lipinski definition) is 15. The quantitative estimate of drug-likeness (QED) is 0.0706. The van der Waals surface area contributed by atoms with Gasteiger partial charge in [0.1, 0.15) is 0 Å². The van der Waals surface area contributed by atoms with Gasteiger partial charge in [-0.2, -0.15) is 0 Å². The molecular weight excluding hydrogens is 2110 g/mol. The van der Waals surface area contributed by atoms with E-state index in [2.05, 4.69) is 263 Å². The number of allylic oxidation sites excluding steroid dienone is 3. The van der Waals surface area contributed by atoms with Crippen molar-refractivity contribution in [2.24, 2.45) is 0 Å². The minimum absolute atomic E-state index is 0.0114. The van der Waals surface area contributed by atoms with E-state index in [-0.39, 0.29) is 147 Å². The molecule has 1 saturated heterocycles. The van der Waals surface area contributed by atoms with Crippen LogP contribution in [0.4, 0.5) is 72.5 Å². The second kappa shape index (κ2) is 31.3. The Morgan fingerprint density at radius 2 is 0.496 bits per heavy atom. The normalized spacial score (nSPS) is 18.6. The number of carbonyl (C=O) groups excluding carboxylic acids is 8. The molecule has 27 rings (SSSR count). The first kappa shape index (κ1) is 91.2. The van der Waals surface area contributed by atoms with Gasteiger partial charge in [-0.05, 0) is 0 Å². The second-order valence-electron chi connectivity index (χ2n) is 42.0. The average molecular weight is 2200 g/mol. The summed E-state index contributed by atoms with van der Waals surface area (Å²) >= 11 is 0.837. The minimum atomic E-state index is -3.19. The van der Waals surface area contributed by atoms with Crippen LogP contribution in [-0.2, 0) is 62.9 Å². The summed E-state index contributed by atoms with van der Waals surface area (Å²) < 4.78 is 50.9. The summed E-state index contributed by atoms with van der Waals surface area (Å²) in [5.74, 6) is -6.87. The van der Waals surface area contributed by atoms with E-state index in [1.54, 1.807) is 61.0 Å². The van der Waals surface area contributed by atoms with Crippen molar-refractivity contribution in [1.29, 1.82) is 0 Å². The molecule has 0 atom stereocenters. The van der Waals surface area contributed by atoms with Gasteiger partial charge < -0.3 is 0 Å². The number of carbonyl (C=O) groups is 8. The molecule has 0 saturated carbocycles. The Morgan fingerprint density at radius 3 is 0.809 bits per heavy atom. The van der Waals surface area contributed by atoms with Gasteiger partial charge in [0.15, 0.2) is 0 Å². The van der Waals surface area contributed by atoms with Crippen LogP contribution in [0.2, 0.25) is 0 Å². The number of para-hydroxylation sites is 8. The molecule has 14 nitrogen and oxygen atoms in total. The standard InChI is InChI=1S/C30H19F2NO2Se.C30H23NO2SSe.C30H23NO2Se2.C29H27NO4Se/c1-29(2)20-10-5-6-13-24(20)33-25-21(29)11-7-12-22(25)30(31,32)23-15-16(36-28(23)33)14-19-26(34)17-8-3-4-9-18(17)27(19)35;2*1-29(2)20-8-5-6-11-24(20)31-25-21(29)9-7-10-22(25)30(3,4)23-13-16(35-28(23)31)12-17-26(32)18-14-34-15-19(18)27(17)33;1-27(2)18-10-7-8-13-22(18)30-23-19(27)11-9-12-20(23)28(3,4)21-15-16(35-24(21)30)14-17-25(31)33-29(5,6)34-26(17)32/h3-15H,1-2H3;2*5-15H,1-4H3;7-15H,1-6H3. The molecule has 15 heterocycles. The summed E-state index contributed by atoms with van der Waals surface area (Å²) in [5.41, 5.74) is 29.0. The summed E-state index contributed by atoms with van der Waals surface area (Å²) in [5, 5.41) is 3.59. The Balaban J connectivity index is 0.000000102. The van der Waals surface area contributed by atoms with Gasteiger partial charge in [0.25, 0.3) is 0 Å². The van der Waals surface area contributed by atoms with Crippen LogP contribution >= 0.6 is 11.3 Å². The van der Waals surface area contributed by atoms with Crippen molar-refractivity contribution < 1.29 is 56.6 Å². The molecule has 0 bridgehead atoms. The molecule has 0 amide bonds. The van der Waals surface area contributed by atoms with E-state index in [0.717, 1.165) is 30.1 Å². The average Bonchev–Trinajstić information content (AvgIpc) is 1.66. The Morgan fingerprint density at radius 1 is 0.262 bits per heavy atom. The van der Waals surface area contributed by atoms with E-state index in [1.165, 1.54) is 144 Å². The van der Waals surface area contributed by atoms with E-state index in [1.807, 2.05) is 51.2 Å². The molecule has 9 aliphatic heterocycles. The first-order valence-corrected chi connectivity index (χ1v) is 56.7. The summed E-state index contributed by atoms with van der Waals surface area (Å²) in [4.78, 5) is 116. The molecule has 698 valence electrons. The molecule has 6 aromatic heterocycles. The van der Waals surface area contributed by atoms with E-state index in [4.69, 9.17) is 9.47 Å². The first-order chi connectivity index (χ1) is 67.0. The molecule has 22 heteroatoms. The van der Waals surface area contributed by atoms with Gasteiger partial charge in [-0.15, -0.1) is 0 Å². The molecule has 3 aliphatic carbocycles. The van der Waals surface area contributed by atoms with Crippen molar-refractivity contribution in [1.82, 2.24) is 0 Å². The van der Waals surface area contributed by atoms with Crippen molar-refractivity contribution in [3.8, 4) is 0 Å². The zero-order valence-electron chi connectivity index (χ0n) is 80.0. The van der Waals surface area contributed by atoms with Gasteiger partial charge in [0.2, 0.25) is 0 Å². The van der Waals surface area contributed by atoms with Crippen LogP contribution in [0.25, 0.3) is 24.3 Å². The third-order valence-corrected chi connectivity index (χ3v) is 42.2. The van der Waals surface area contributed by atoms with Crippen LogP contribution < -0.4 is 19.6 Å². The first-order valence-electron chi connectivity index (χ1n) is 47.0. The summed E-state index contributed by atoms with van der Waals surface area (Å²) in [6.07, 6.45) is 6.96. The number of ketones is 6. The monoisotopic (exact) mass is 2210 g/mol. The van der Waals surface area contributed by atoms with E-state index < -0.39 is 43.6 Å². The zero-order valence-corrected chi connectivity index (χ0v) is 89.4. The van der Waals surface area contributed by atoms with Gasteiger partial charge in [-0.1, -0.05) is 0 Å². The van der Waals surface area contributed by atoms with Crippen molar-refractivity contribution in [2.75, 3.05) is 19.6 Å². The SMILES string of the molecule is CC1(C)OC(=O)C(=Cc2cc3c([se]2)N2c4ccccc4C(C)(C)c4cccc(c42)C3(C)C)C(=O)O1.CC1(C)c2ccccc2N2c3[se]c(C=C4C(=O)c5c[se]cc5C4=O)cc3C(C)(C)c3cccc1c32.CC1(C)c2ccccc2N2c3[se]c(C=C4C(=O)c5ccccc5C4=O)cc3C(F)(F)c3cccc1c32.CC1(C)c2ccccc2N2c3[se]c(C=C4C(=O)c5cscc5C4=O)cc3C(C)(C)c3cccc1c32. The molecule has 9 aromatic carbocycles. The van der Waals surface area contributed by atoms with E-state index in [9.17, 15) is 38.4 Å². The van der Waals surface area contributed by atoms with Crippen LogP contribution in [0.3, 0.4) is 0 Å². The number of ether oxygens (including phenoxy) is 2. The number of anilines is 12. The number of hydrogen-bond donors (Lipinski definition) is 0. The third-order valence-electron chi connectivity index (χ3n) is 30.9. The fourth-order valence-electron chi connectivity index (χ4n) is 23.4. The Kier molecular flexibility index (Phi) is 20.3. The number of rotatable bonds is 4. The van der Waals surface area contributed by atoms with Crippen molar-refractivity contribution in [3.63, 3.8) is 0 Å². The fourth-order valence-corrected chi connectivity index (χ4v) is 36.4. The predicted octanol–water partition coefficient (Wildman–Crippen LogP) is 25.5. The van der Waals surface area contributed by atoms with E-state index in [0.29, 0.717) is 59.2 Å². The van der Waals surface area contributed by atoms with Crippen LogP contribution in [0.15, 0.2) is 261 Å². The van der Waals surface area contributed by atoms with Gasteiger partial charge in [-0.25, -0.2) is 0 Å². The Labute approximate surface area is 849 Å². The third kappa shape index (κ3) is 13.1. The topological polar surface area (TPSA) is 168 Å². The number of thiophene rings is 1. The molecule has 1 fully saturated rings. The number of fused-ring (bicyclic) bond motifs is 19. The number of Topliss-reactive ketones (excluding diaryl/α,β-unsaturated/α-hetero) is 6. The van der Waals surface area contributed by atoms with Gasteiger partial charge in [-0.3, -0.25) is 0 Å². The number of nitrogens with zero attached hydrogens (tertiary/aromatic N) is 4. The Hall–Kier alpha value is -12.3. The summed E-state index contributed by atoms with van der Waals surface area (Å²) in [7, 11) is 0. The molecule has 0 spiro atoms. The number of alkyl halides is 2. The number of benzene rings is 9. The predicted molar refractivity (Wildman–Crippen MR) is 558 cm³/mol. The maximum absolute atomic E-state index is 16.1. The molecule has 15 aromatic rings. The number of halogens is 2.